The zero-order valence-corrected chi connectivity index (χ0v) is 27.2. The smallest absolute Gasteiger partial charge is 0.164 e. The summed E-state index contributed by atoms with van der Waals surface area (Å²) in [6.45, 7) is 0. The Morgan fingerprint density at radius 1 is 0.360 bits per heavy atom. The van der Waals surface area contributed by atoms with Gasteiger partial charge in [-0.25, -0.2) is 15.0 Å². The highest BCUT2D eigenvalue weighted by Crippen LogP contribution is 2.40. The van der Waals surface area contributed by atoms with E-state index in [0.717, 1.165) is 34.2 Å². The summed E-state index contributed by atoms with van der Waals surface area (Å²) in [6.07, 6.45) is 0.993. The third-order valence-electron chi connectivity index (χ3n) is 9.87. The van der Waals surface area contributed by atoms with Crippen LogP contribution in [0.1, 0.15) is 11.1 Å². The molecule has 9 aromatic rings. The van der Waals surface area contributed by atoms with Gasteiger partial charge in [-0.2, -0.15) is 0 Å². The Morgan fingerprint density at radius 3 is 1.72 bits per heavy atom. The highest BCUT2D eigenvalue weighted by Gasteiger charge is 2.20. The van der Waals surface area contributed by atoms with Crippen LogP contribution in [0.3, 0.4) is 0 Å². The molecule has 0 atom stereocenters. The van der Waals surface area contributed by atoms with Crippen LogP contribution >= 0.6 is 0 Å². The van der Waals surface area contributed by atoms with Gasteiger partial charge in [0.25, 0.3) is 0 Å². The Labute approximate surface area is 290 Å². The predicted molar refractivity (Wildman–Crippen MR) is 204 cm³/mol. The van der Waals surface area contributed by atoms with E-state index < -0.39 is 0 Å². The number of nitrogens with zero attached hydrogens (tertiary/aromatic N) is 4. The Balaban J connectivity index is 1.09. The summed E-state index contributed by atoms with van der Waals surface area (Å²) in [5.74, 6) is 1.96. The van der Waals surface area contributed by atoms with Gasteiger partial charge in [-0.15, -0.1) is 0 Å². The fourth-order valence-electron chi connectivity index (χ4n) is 7.46. The van der Waals surface area contributed by atoms with Gasteiger partial charge in [0, 0.05) is 33.2 Å². The Hall–Kier alpha value is -6.65. The number of rotatable bonds is 5. The third-order valence-corrected chi connectivity index (χ3v) is 9.87. The van der Waals surface area contributed by atoms with Gasteiger partial charge in [0.1, 0.15) is 0 Å². The molecule has 0 fully saturated rings. The van der Waals surface area contributed by atoms with Crippen LogP contribution in [0.2, 0.25) is 0 Å². The monoisotopic (exact) mass is 638 g/mol. The quantitative estimate of drug-likeness (QED) is 0.188. The van der Waals surface area contributed by atoms with Crippen molar-refractivity contribution < 1.29 is 0 Å². The number of fused-ring (bicyclic) bond motifs is 6. The Kier molecular flexibility index (Phi) is 6.53. The van der Waals surface area contributed by atoms with Crippen molar-refractivity contribution in [3.63, 3.8) is 0 Å². The van der Waals surface area contributed by atoms with E-state index in [4.69, 9.17) is 15.0 Å². The summed E-state index contributed by atoms with van der Waals surface area (Å²) in [5, 5.41) is 2.46. The second-order valence-corrected chi connectivity index (χ2v) is 12.9. The molecule has 2 heterocycles. The van der Waals surface area contributed by atoms with Crippen molar-refractivity contribution in [2.45, 2.75) is 6.42 Å². The van der Waals surface area contributed by atoms with Gasteiger partial charge >= 0.3 is 0 Å². The topological polar surface area (TPSA) is 43.6 Å². The molecule has 0 amide bonds. The third kappa shape index (κ3) is 4.73. The lowest BCUT2D eigenvalue weighted by atomic mass is 10.0. The van der Waals surface area contributed by atoms with Gasteiger partial charge in [-0.3, -0.25) is 0 Å². The average Bonchev–Trinajstić information content (AvgIpc) is 3.73. The van der Waals surface area contributed by atoms with Gasteiger partial charge in [0.2, 0.25) is 0 Å². The van der Waals surface area contributed by atoms with Crippen LogP contribution in [0.4, 0.5) is 0 Å². The van der Waals surface area contributed by atoms with Crippen molar-refractivity contribution in [2.24, 2.45) is 0 Å². The summed E-state index contributed by atoms with van der Waals surface area (Å²) in [4.78, 5) is 14.8. The summed E-state index contributed by atoms with van der Waals surface area (Å²) >= 11 is 0. The lowest BCUT2D eigenvalue weighted by molar-refractivity contribution is 1.07. The molecule has 0 bridgehead atoms. The largest absolute Gasteiger partial charge is 0.309 e. The fourth-order valence-corrected chi connectivity index (χ4v) is 7.46. The second kappa shape index (κ2) is 11.5. The summed E-state index contributed by atoms with van der Waals surface area (Å²) < 4.78 is 2.41. The first-order chi connectivity index (χ1) is 24.8. The van der Waals surface area contributed by atoms with Gasteiger partial charge in [-0.1, -0.05) is 133 Å². The number of para-hydroxylation sites is 1. The van der Waals surface area contributed by atoms with Gasteiger partial charge in [-0.05, 0) is 76.2 Å². The molecular weight excluding hydrogens is 609 g/mol. The number of hydrogen-bond acceptors (Lipinski definition) is 3. The van der Waals surface area contributed by atoms with E-state index in [9.17, 15) is 0 Å². The molecule has 10 rings (SSSR count). The average molecular weight is 639 g/mol. The van der Waals surface area contributed by atoms with Crippen LogP contribution in [-0.2, 0) is 6.42 Å². The predicted octanol–water partition coefficient (Wildman–Crippen LogP) is 11.2. The minimum Gasteiger partial charge on any atom is -0.309 e. The summed E-state index contributed by atoms with van der Waals surface area (Å²) in [7, 11) is 0. The molecular formula is C46H30N4. The lowest BCUT2D eigenvalue weighted by Gasteiger charge is -2.11. The van der Waals surface area contributed by atoms with Gasteiger partial charge in [0.15, 0.2) is 17.5 Å². The zero-order valence-electron chi connectivity index (χ0n) is 27.2. The van der Waals surface area contributed by atoms with E-state index in [-0.39, 0.29) is 0 Å². The Morgan fingerprint density at radius 2 is 0.940 bits per heavy atom. The molecule has 2 aromatic heterocycles. The first-order valence-electron chi connectivity index (χ1n) is 17.0. The van der Waals surface area contributed by atoms with Gasteiger partial charge < -0.3 is 4.57 Å². The highest BCUT2D eigenvalue weighted by molar-refractivity contribution is 6.10. The molecule has 0 aliphatic heterocycles. The molecule has 0 N–H and O–H groups in total. The van der Waals surface area contributed by atoms with Crippen molar-refractivity contribution in [1.82, 2.24) is 19.5 Å². The molecule has 4 heteroatoms. The molecule has 7 aromatic carbocycles. The number of benzene rings is 7. The minimum absolute atomic E-state index is 0.649. The normalized spacial score (nSPS) is 11.9. The SMILES string of the molecule is c1ccc(-c2nc(-c3ccccc3)nc(-c3cccc(-c4ccc5c(c4)c4ccccc4n5-c4ccc5c(c4)-c4ccccc4C5)c3)n2)cc1. The second-order valence-electron chi connectivity index (χ2n) is 12.9. The van der Waals surface area contributed by atoms with E-state index in [1.807, 2.05) is 60.7 Å². The number of hydrogen-bond donors (Lipinski definition) is 0. The van der Waals surface area contributed by atoms with Gasteiger partial charge in [0.05, 0.1) is 11.0 Å². The summed E-state index contributed by atoms with van der Waals surface area (Å²) in [6, 6.07) is 60.0. The molecule has 0 saturated carbocycles. The van der Waals surface area contributed by atoms with Crippen molar-refractivity contribution in [3.05, 3.63) is 181 Å². The molecule has 4 nitrogen and oxygen atoms in total. The van der Waals surface area contributed by atoms with E-state index in [2.05, 4.69) is 114 Å². The Bertz CT molecular complexity index is 2670. The van der Waals surface area contributed by atoms with Crippen molar-refractivity contribution in [1.29, 1.82) is 0 Å². The fraction of sp³-hybridized carbons (Fsp3) is 0.0217. The van der Waals surface area contributed by atoms with Crippen LogP contribution in [0.5, 0.6) is 0 Å². The molecule has 0 spiro atoms. The number of aromatic nitrogens is 4. The molecule has 1 aliphatic rings. The van der Waals surface area contributed by atoms with Crippen molar-refractivity contribution >= 4 is 21.8 Å². The minimum atomic E-state index is 0.649. The molecule has 234 valence electrons. The van der Waals surface area contributed by atoms with Crippen LogP contribution in [0, 0.1) is 0 Å². The van der Waals surface area contributed by atoms with Crippen LogP contribution < -0.4 is 0 Å². The maximum absolute atomic E-state index is 4.98. The molecule has 1 aliphatic carbocycles. The first-order valence-corrected chi connectivity index (χ1v) is 17.0. The van der Waals surface area contributed by atoms with E-state index in [1.54, 1.807) is 0 Å². The van der Waals surface area contributed by atoms with E-state index in [0.29, 0.717) is 17.5 Å². The van der Waals surface area contributed by atoms with Crippen molar-refractivity contribution in [3.8, 4) is 62.1 Å². The molecule has 0 saturated heterocycles. The van der Waals surface area contributed by atoms with E-state index in [1.165, 1.54) is 49.7 Å². The van der Waals surface area contributed by atoms with E-state index >= 15 is 0 Å². The van der Waals surface area contributed by atoms with Crippen LogP contribution in [0.25, 0.3) is 83.9 Å². The van der Waals surface area contributed by atoms with Crippen LogP contribution in [-0.4, -0.2) is 19.5 Å². The summed E-state index contributed by atoms with van der Waals surface area (Å²) in [5.41, 5.74) is 14.2. The first kappa shape index (κ1) is 28.4. The molecule has 0 radical (unpaired) electrons. The van der Waals surface area contributed by atoms with Crippen LogP contribution in [0.15, 0.2) is 170 Å². The maximum atomic E-state index is 4.98. The molecule has 50 heavy (non-hydrogen) atoms. The highest BCUT2D eigenvalue weighted by atomic mass is 15.0. The lowest BCUT2D eigenvalue weighted by Crippen LogP contribution is -2.00. The van der Waals surface area contributed by atoms with Crippen molar-refractivity contribution in [2.75, 3.05) is 0 Å². The maximum Gasteiger partial charge on any atom is 0.164 e. The standard InChI is InChI=1S/C46H30N4/c1-3-12-30(13-4-1)44-47-45(31-14-5-2-6-15-31)49-46(48-44)36-18-11-17-32(26-36)33-23-25-43-41(28-33)39-20-9-10-21-42(39)50(43)37-24-22-35-27-34-16-7-8-19-38(34)40(35)29-37/h1-26,28-29H,27H2. The zero-order chi connectivity index (χ0) is 33.0. The molecule has 0 unspecified atom stereocenters.